The summed E-state index contributed by atoms with van der Waals surface area (Å²) in [5.41, 5.74) is 8.31. The van der Waals surface area contributed by atoms with Gasteiger partial charge in [0.05, 0.1) is 23.0 Å². The molecule has 0 fully saturated rings. The Bertz CT molecular complexity index is 730. The van der Waals surface area contributed by atoms with Crippen LogP contribution >= 0.6 is 0 Å². The fraction of sp³-hybridized carbons (Fsp3) is 0.286. The number of hydrogen-bond donors (Lipinski definition) is 2. The molecule has 2 rings (SSSR count). The van der Waals surface area contributed by atoms with Crippen molar-refractivity contribution < 1.29 is 8.42 Å². The van der Waals surface area contributed by atoms with Gasteiger partial charge in [0.15, 0.2) is 0 Å². The number of benzene rings is 1. The second kappa shape index (κ2) is 6.09. The Morgan fingerprint density at radius 2 is 1.81 bits per heavy atom. The lowest BCUT2D eigenvalue weighted by Gasteiger charge is -2.14. The molecule has 0 radical (unpaired) electrons. The first-order valence-corrected chi connectivity index (χ1v) is 8.15. The normalized spacial score (nSPS) is 11.3. The van der Waals surface area contributed by atoms with Gasteiger partial charge in [-0.2, -0.15) is 0 Å². The van der Waals surface area contributed by atoms with Crippen molar-refractivity contribution in [1.29, 1.82) is 0 Å². The molecule has 6 nitrogen and oxygen atoms in total. The molecular formula is C14H18N4O2S. The number of hydrogen-bond acceptors (Lipinski definition) is 5. The first kappa shape index (κ1) is 15.2. The molecule has 0 saturated carbocycles. The number of rotatable bonds is 5. The van der Waals surface area contributed by atoms with Gasteiger partial charge >= 0.3 is 0 Å². The van der Waals surface area contributed by atoms with Crippen molar-refractivity contribution in [2.75, 3.05) is 10.5 Å². The predicted molar refractivity (Wildman–Crippen MR) is 82.5 cm³/mol. The monoisotopic (exact) mass is 306 g/mol. The molecule has 0 unspecified atom stereocenters. The molecule has 0 aliphatic heterocycles. The summed E-state index contributed by atoms with van der Waals surface area (Å²) in [6.45, 7) is 3.83. The second-order valence-corrected chi connectivity index (χ2v) is 6.25. The number of nitrogens with one attached hydrogen (secondary N) is 1. The van der Waals surface area contributed by atoms with E-state index in [2.05, 4.69) is 14.7 Å². The number of nitrogen functional groups attached to an aromatic ring is 1. The molecule has 2 aromatic rings. The molecule has 1 heterocycles. The summed E-state index contributed by atoms with van der Waals surface area (Å²) in [5, 5.41) is 0. The number of aryl methyl sites for hydroxylation is 1. The summed E-state index contributed by atoms with van der Waals surface area (Å²) < 4.78 is 27.6. The highest BCUT2D eigenvalue weighted by molar-refractivity contribution is 7.92. The Labute approximate surface area is 124 Å². The van der Waals surface area contributed by atoms with Gasteiger partial charge in [-0.05, 0) is 36.1 Å². The molecule has 1 aromatic carbocycles. The Morgan fingerprint density at radius 1 is 1.14 bits per heavy atom. The molecule has 0 aliphatic rings. The van der Waals surface area contributed by atoms with Crippen LogP contribution in [-0.4, -0.2) is 18.4 Å². The third-order valence-electron chi connectivity index (χ3n) is 3.17. The molecule has 3 N–H and O–H groups in total. The maximum atomic E-state index is 12.6. The van der Waals surface area contributed by atoms with E-state index < -0.39 is 10.0 Å². The summed E-state index contributed by atoms with van der Waals surface area (Å²) in [6, 6.07) is 3.49. The number of aromatic nitrogens is 2. The molecule has 112 valence electrons. The number of nitrogens with zero attached hydrogens (tertiary/aromatic N) is 2. The molecule has 0 spiro atoms. The van der Waals surface area contributed by atoms with Gasteiger partial charge in [0.1, 0.15) is 6.33 Å². The van der Waals surface area contributed by atoms with Crippen LogP contribution in [0.5, 0.6) is 0 Å². The molecule has 0 atom stereocenters. The topological polar surface area (TPSA) is 98.0 Å². The van der Waals surface area contributed by atoms with Gasteiger partial charge < -0.3 is 5.73 Å². The maximum Gasteiger partial charge on any atom is 0.262 e. The number of nitrogens with two attached hydrogens (primary N) is 1. The number of sulfonamides is 1. The van der Waals surface area contributed by atoms with Crippen molar-refractivity contribution in [3.8, 4) is 0 Å². The van der Waals surface area contributed by atoms with Crippen molar-refractivity contribution in [3.63, 3.8) is 0 Å². The van der Waals surface area contributed by atoms with Crippen molar-refractivity contribution >= 4 is 21.4 Å². The minimum absolute atomic E-state index is 0.214. The Balaban J connectivity index is 2.51. The minimum Gasteiger partial charge on any atom is -0.398 e. The first-order valence-electron chi connectivity index (χ1n) is 6.67. The molecular weight excluding hydrogens is 288 g/mol. The van der Waals surface area contributed by atoms with Crippen LogP contribution in [0.15, 0.2) is 35.7 Å². The highest BCUT2D eigenvalue weighted by atomic mass is 32.2. The molecule has 0 aliphatic carbocycles. The van der Waals surface area contributed by atoms with Crippen molar-refractivity contribution in [2.45, 2.75) is 31.6 Å². The number of anilines is 2. The van der Waals surface area contributed by atoms with Crippen LogP contribution in [0.4, 0.5) is 11.4 Å². The highest BCUT2D eigenvalue weighted by Crippen LogP contribution is 2.26. The van der Waals surface area contributed by atoms with Gasteiger partial charge in [-0.15, -0.1) is 0 Å². The van der Waals surface area contributed by atoms with Crippen LogP contribution in [0.3, 0.4) is 0 Å². The van der Waals surface area contributed by atoms with Crippen molar-refractivity contribution in [3.05, 3.63) is 42.0 Å². The Hall–Kier alpha value is -2.15. The maximum absolute atomic E-state index is 12.6. The van der Waals surface area contributed by atoms with E-state index in [0.29, 0.717) is 29.8 Å². The zero-order valence-corrected chi connectivity index (χ0v) is 12.8. The van der Waals surface area contributed by atoms with Crippen LogP contribution in [-0.2, 0) is 22.9 Å². The van der Waals surface area contributed by atoms with Crippen molar-refractivity contribution in [1.82, 2.24) is 9.97 Å². The summed E-state index contributed by atoms with van der Waals surface area (Å²) in [5.74, 6) is 0. The van der Waals surface area contributed by atoms with Crippen LogP contribution in [0.2, 0.25) is 0 Å². The average molecular weight is 306 g/mol. The smallest absolute Gasteiger partial charge is 0.262 e. The van der Waals surface area contributed by atoms with Crippen LogP contribution in [0, 0.1) is 0 Å². The highest BCUT2D eigenvalue weighted by Gasteiger charge is 2.20. The molecule has 0 amide bonds. The quantitative estimate of drug-likeness (QED) is 0.823. The lowest BCUT2D eigenvalue weighted by atomic mass is 10.1. The third kappa shape index (κ3) is 3.30. The summed E-state index contributed by atoms with van der Waals surface area (Å²) in [7, 11) is -3.72. The van der Waals surface area contributed by atoms with E-state index in [1.807, 2.05) is 19.9 Å². The van der Waals surface area contributed by atoms with Crippen LogP contribution in [0.1, 0.15) is 25.0 Å². The average Bonchev–Trinajstić information content (AvgIpc) is 2.47. The summed E-state index contributed by atoms with van der Waals surface area (Å²) >= 11 is 0. The van der Waals surface area contributed by atoms with E-state index in [0.717, 1.165) is 5.56 Å². The van der Waals surface area contributed by atoms with E-state index in [1.165, 1.54) is 18.7 Å². The third-order valence-corrected chi connectivity index (χ3v) is 4.62. The van der Waals surface area contributed by atoms with Crippen LogP contribution < -0.4 is 10.5 Å². The largest absolute Gasteiger partial charge is 0.398 e. The SMILES string of the molecule is CCc1cc(N)c(CC)c(S(=O)(=O)Nc2cncnc2)c1. The molecule has 21 heavy (non-hydrogen) atoms. The van der Waals surface area contributed by atoms with E-state index in [-0.39, 0.29) is 4.90 Å². The van der Waals surface area contributed by atoms with E-state index in [4.69, 9.17) is 5.73 Å². The molecule has 1 aromatic heterocycles. The van der Waals surface area contributed by atoms with Crippen molar-refractivity contribution in [2.24, 2.45) is 0 Å². The standard InChI is InChI=1S/C14H18N4O2S/c1-3-10-5-13(15)12(4-2)14(6-10)21(19,20)18-11-7-16-9-17-8-11/h5-9,18H,3-4,15H2,1-2H3. The first-order chi connectivity index (χ1) is 9.97. The summed E-state index contributed by atoms with van der Waals surface area (Å²) in [4.78, 5) is 7.80. The minimum atomic E-state index is -3.72. The molecule has 7 heteroatoms. The fourth-order valence-electron chi connectivity index (χ4n) is 2.11. The zero-order chi connectivity index (χ0) is 15.5. The Kier molecular flexibility index (Phi) is 4.42. The van der Waals surface area contributed by atoms with Gasteiger partial charge in [0.25, 0.3) is 10.0 Å². The fourth-order valence-corrected chi connectivity index (χ4v) is 3.53. The van der Waals surface area contributed by atoms with E-state index >= 15 is 0 Å². The molecule has 0 bridgehead atoms. The van der Waals surface area contributed by atoms with Gasteiger partial charge in [-0.1, -0.05) is 13.8 Å². The van der Waals surface area contributed by atoms with Crippen LogP contribution in [0.25, 0.3) is 0 Å². The Morgan fingerprint density at radius 3 is 2.38 bits per heavy atom. The summed E-state index contributed by atoms with van der Waals surface area (Å²) in [6.07, 6.45) is 5.40. The van der Waals surface area contributed by atoms with Gasteiger partial charge in [-0.25, -0.2) is 18.4 Å². The van der Waals surface area contributed by atoms with Gasteiger partial charge in [0.2, 0.25) is 0 Å². The predicted octanol–water partition coefficient (Wildman–Crippen LogP) is 1.98. The molecule has 0 saturated heterocycles. The van der Waals surface area contributed by atoms with E-state index in [9.17, 15) is 8.42 Å². The lowest BCUT2D eigenvalue weighted by molar-refractivity contribution is 0.600. The second-order valence-electron chi connectivity index (χ2n) is 4.60. The zero-order valence-electron chi connectivity index (χ0n) is 12.0. The lowest BCUT2D eigenvalue weighted by Crippen LogP contribution is -2.16. The van der Waals surface area contributed by atoms with E-state index in [1.54, 1.807) is 6.07 Å². The van der Waals surface area contributed by atoms with Gasteiger partial charge in [-0.3, -0.25) is 4.72 Å². The van der Waals surface area contributed by atoms with Gasteiger partial charge in [0, 0.05) is 5.69 Å².